The second-order valence-corrected chi connectivity index (χ2v) is 17.3. The monoisotopic (exact) mass is 838 g/mol. The van der Waals surface area contributed by atoms with Crippen molar-refractivity contribution in [2.75, 3.05) is 4.90 Å². The smallest absolute Gasteiger partial charge is 0.0541 e. The summed E-state index contributed by atoms with van der Waals surface area (Å²) in [6, 6.07) is 93.4. The highest BCUT2D eigenvalue weighted by Gasteiger charge is 2.22. The minimum absolute atomic E-state index is 1.09. The van der Waals surface area contributed by atoms with Gasteiger partial charge < -0.3 is 9.47 Å². The molecule has 0 radical (unpaired) electrons. The van der Waals surface area contributed by atoms with Crippen LogP contribution in [0.15, 0.2) is 255 Å². The average molecular weight is 839 g/mol. The zero-order valence-corrected chi connectivity index (χ0v) is 36.1. The van der Waals surface area contributed by atoms with Crippen molar-refractivity contribution >= 4 is 71.2 Å². The van der Waals surface area contributed by atoms with Crippen molar-refractivity contribution in [2.45, 2.75) is 0 Å². The number of hydrogen-bond donors (Lipinski definition) is 0. The molecule has 0 atom stereocenters. The predicted octanol–water partition coefficient (Wildman–Crippen LogP) is 17.8. The number of nitrogens with zero attached hydrogens (tertiary/aromatic N) is 2. The summed E-state index contributed by atoms with van der Waals surface area (Å²) in [5, 5.41) is 9.98. The molecule has 0 saturated heterocycles. The minimum atomic E-state index is 1.09. The Morgan fingerprint density at radius 1 is 0.258 bits per heavy atom. The molecule has 0 aliphatic carbocycles. The molecule has 13 aromatic rings. The number of benzene rings is 12. The van der Waals surface area contributed by atoms with Crippen LogP contribution in [0.4, 0.5) is 17.1 Å². The zero-order valence-electron chi connectivity index (χ0n) is 36.1. The summed E-state index contributed by atoms with van der Waals surface area (Å²) in [5.41, 5.74) is 16.4. The van der Waals surface area contributed by atoms with Crippen molar-refractivity contribution in [1.29, 1.82) is 0 Å². The van der Waals surface area contributed by atoms with Gasteiger partial charge in [0.15, 0.2) is 0 Å². The molecule has 0 unspecified atom stereocenters. The molecule has 1 heterocycles. The van der Waals surface area contributed by atoms with Crippen LogP contribution in [0.5, 0.6) is 0 Å². The Hall–Kier alpha value is -8.72. The molecule has 0 spiro atoms. The lowest BCUT2D eigenvalue weighted by molar-refractivity contribution is 1.20. The fraction of sp³-hybridized carbons (Fsp3) is 0. The Morgan fingerprint density at radius 3 is 1.29 bits per heavy atom. The summed E-state index contributed by atoms with van der Waals surface area (Å²) >= 11 is 0. The third-order valence-electron chi connectivity index (χ3n) is 13.5. The number of rotatable bonds is 8. The topological polar surface area (TPSA) is 8.17 Å². The second-order valence-electron chi connectivity index (χ2n) is 17.3. The highest BCUT2D eigenvalue weighted by molar-refractivity contribution is 6.27. The molecule has 2 heteroatoms. The van der Waals surface area contributed by atoms with Gasteiger partial charge in [-0.3, -0.25) is 0 Å². The number of hydrogen-bond acceptors (Lipinski definition) is 1. The van der Waals surface area contributed by atoms with E-state index in [0.29, 0.717) is 0 Å². The van der Waals surface area contributed by atoms with E-state index in [9.17, 15) is 0 Å². The van der Waals surface area contributed by atoms with Gasteiger partial charge in [0, 0.05) is 32.9 Å². The van der Waals surface area contributed by atoms with E-state index >= 15 is 0 Å². The van der Waals surface area contributed by atoms with Crippen molar-refractivity contribution in [3.8, 4) is 50.2 Å². The highest BCUT2D eigenvalue weighted by Crippen LogP contribution is 2.47. The van der Waals surface area contributed by atoms with Gasteiger partial charge >= 0.3 is 0 Å². The quantitative estimate of drug-likeness (QED) is 0.138. The van der Waals surface area contributed by atoms with Crippen molar-refractivity contribution in [3.05, 3.63) is 255 Å². The molecule has 308 valence electrons. The van der Waals surface area contributed by atoms with Crippen LogP contribution in [0.1, 0.15) is 0 Å². The van der Waals surface area contributed by atoms with Crippen molar-refractivity contribution in [1.82, 2.24) is 4.57 Å². The van der Waals surface area contributed by atoms with Crippen LogP contribution in [0.2, 0.25) is 0 Å². The second kappa shape index (κ2) is 15.5. The van der Waals surface area contributed by atoms with Crippen molar-refractivity contribution in [2.24, 2.45) is 0 Å². The summed E-state index contributed by atoms with van der Waals surface area (Å²) in [6.45, 7) is 0. The highest BCUT2D eigenvalue weighted by atomic mass is 15.1. The largest absolute Gasteiger partial charge is 0.310 e. The van der Waals surface area contributed by atoms with E-state index in [-0.39, 0.29) is 0 Å². The first kappa shape index (κ1) is 37.8. The molecule has 0 N–H and O–H groups in total. The summed E-state index contributed by atoms with van der Waals surface area (Å²) < 4.78 is 2.46. The third kappa shape index (κ3) is 6.26. The van der Waals surface area contributed by atoms with Crippen LogP contribution in [0.3, 0.4) is 0 Å². The summed E-state index contributed by atoms with van der Waals surface area (Å²) in [7, 11) is 0. The molecule has 0 aliphatic heterocycles. The molecule has 0 bridgehead atoms. The third-order valence-corrected chi connectivity index (χ3v) is 13.5. The molecule has 66 heavy (non-hydrogen) atoms. The first-order valence-corrected chi connectivity index (χ1v) is 22.7. The van der Waals surface area contributed by atoms with Crippen LogP contribution in [0, 0.1) is 0 Å². The van der Waals surface area contributed by atoms with Crippen LogP contribution in [-0.4, -0.2) is 4.57 Å². The Morgan fingerprint density at radius 2 is 0.697 bits per heavy atom. The van der Waals surface area contributed by atoms with Gasteiger partial charge in [0.1, 0.15) is 0 Å². The van der Waals surface area contributed by atoms with Crippen molar-refractivity contribution in [3.63, 3.8) is 0 Å². The fourth-order valence-electron chi connectivity index (χ4n) is 10.4. The van der Waals surface area contributed by atoms with Gasteiger partial charge in [-0.2, -0.15) is 0 Å². The SMILES string of the molecule is c1ccc(-c2cccc(-c3ccc(N(c4cc(-c5ccccc5)cc(-c5ccccc5)c4)c4ccc5ccc6c(-n7c8ccccc8c8ccccc87)ccc7ccc4c5c76)cc3)c2)cc1. The fourth-order valence-corrected chi connectivity index (χ4v) is 10.4. The zero-order chi connectivity index (χ0) is 43.6. The van der Waals surface area contributed by atoms with Gasteiger partial charge in [-0.25, -0.2) is 0 Å². The van der Waals surface area contributed by atoms with Gasteiger partial charge in [-0.05, 0) is 127 Å². The summed E-state index contributed by atoms with van der Waals surface area (Å²) in [5.74, 6) is 0. The molecule has 13 rings (SSSR count). The van der Waals surface area contributed by atoms with Crippen molar-refractivity contribution < 1.29 is 0 Å². The van der Waals surface area contributed by atoms with E-state index in [2.05, 4.69) is 264 Å². The Balaban J connectivity index is 1.04. The van der Waals surface area contributed by atoms with Gasteiger partial charge in [-0.1, -0.05) is 194 Å². The number of anilines is 3. The van der Waals surface area contributed by atoms with Gasteiger partial charge in [0.05, 0.1) is 22.4 Å². The number of para-hydroxylation sites is 2. The average Bonchev–Trinajstić information content (AvgIpc) is 3.73. The molecule has 2 nitrogen and oxygen atoms in total. The predicted molar refractivity (Wildman–Crippen MR) is 281 cm³/mol. The lowest BCUT2D eigenvalue weighted by Crippen LogP contribution is -2.11. The molecule has 12 aromatic carbocycles. The lowest BCUT2D eigenvalue weighted by atomic mass is 9.91. The maximum absolute atomic E-state index is 2.48. The van der Waals surface area contributed by atoms with Crippen LogP contribution in [0.25, 0.3) is 104 Å². The number of aromatic nitrogens is 1. The summed E-state index contributed by atoms with van der Waals surface area (Å²) in [6.07, 6.45) is 0. The Bertz CT molecular complexity index is 3790. The maximum Gasteiger partial charge on any atom is 0.0541 e. The molecule has 0 saturated carbocycles. The van der Waals surface area contributed by atoms with Crippen LogP contribution >= 0.6 is 0 Å². The molecule has 0 aliphatic rings. The van der Waals surface area contributed by atoms with E-state index in [1.807, 2.05) is 0 Å². The van der Waals surface area contributed by atoms with E-state index in [0.717, 1.165) is 17.1 Å². The normalized spacial score (nSPS) is 11.6. The molecular weight excluding hydrogens is 797 g/mol. The molecule has 0 fully saturated rings. The maximum atomic E-state index is 2.48. The standard InChI is InChI=1S/C64H42N2/c1-4-15-43(16-5-1)49-21-14-22-50(39-49)46-27-33-53(34-28-46)65(54-41-51(44-17-6-2-7-18-44)40-52(42-54)45-19-8-3-9-20-45)61-37-31-47-30-36-58-62(38-32-48-29-35-57(61)63(47)64(48)58)66-59-25-12-10-23-55(59)56-24-11-13-26-60(56)66/h1-42H. The van der Waals surface area contributed by atoms with E-state index in [1.165, 1.54) is 104 Å². The lowest BCUT2D eigenvalue weighted by Gasteiger charge is -2.29. The van der Waals surface area contributed by atoms with E-state index < -0.39 is 0 Å². The van der Waals surface area contributed by atoms with Gasteiger partial charge in [-0.15, -0.1) is 0 Å². The first-order chi connectivity index (χ1) is 32.7. The van der Waals surface area contributed by atoms with Gasteiger partial charge in [0.2, 0.25) is 0 Å². The van der Waals surface area contributed by atoms with Crippen LogP contribution < -0.4 is 4.90 Å². The van der Waals surface area contributed by atoms with Crippen LogP contribution in [-0.2, 0) is 0 Å². The number of fused-ring (bicyclic) bond motifs is 3. The van der Waals surface area contributed by atoms with E-state index in [1.54, 1.807) is 0 Å². The molecular formula is C64H42N2. The minimum Gasteiger partial charge on any atom is -0.310 e. The Kier molecular flexibility index (Phi) is 8.89. The van der Waals surface area contributed by atoms with Gasteiger partial charge in [0.25, 0.3) is 0 Å². The first-order valence-electron chi connectivity index (χ1n) is 22.7. The molecule has 0 amide bonds. The Labute approximate surface area is 383 Å². The molecule has 1 aromatic heterocycles. The van der Waals surface area contributed by atoms with E-state index in [4.69, 9.17) is 0 Å². The summed E-state index contributed by atoms with van der Waals surface area (Å²) in [4.78, 5) is 2.48.